The Morgan fingerprint density at radius 3 is 2.61 bits per heavy atom. The van der Waals surface area contributed by atoms with Crippen molar-refractivity contribution in [2.24, 2.45) is 11.5 Å². The van der Waals surface area contributed by atoms with E-state index in [1.54, 1.807) is 24.3 Å². The summed E-state index contributed by atoms with van der Waals surface area (Å²) < 4.78 is 0. The smallest absolute Gasteiger partial charge is 0.269 e. The van der Waals surface area contributed by atoms with E-state index in [1.807, 2.05) is 31.2 Å². The van der Waals surface area contributed by atoms with Crippen molar-refractivity contribution in [3.63, 3.8) is 0 Å². The lowest BCUT2D eigenvalue weighted by atomic mass is 10.1. The van der Waals surface area contributed by atoms with Gasteiger partial charge in [-0.15, -0.1) is 0 Å². The zero-order chi connectivity index (χ0) is 20.1. The van der Waals surface area contributed by atoms with Gasteiger partial charge >= 0.3 is 0 Å². The van der Waals surface area contributed by atoms with Crippen LogP contribution in [0.15, 0.2) is 54.7 Å². The lowest BCUT2D eigenvalue weighted by molar-refractivity contribution is 0.0949. The van der Waals surface area contributed by atoms with Crippen LogP contribution in [0.1, 0.15) is 37.7 Å². The molecule has 0 aliphatic heterocycles. The lowest BCUT2D eigenvalue weighted by Crippen LogP contribution is -2.22. The number of nitrogens with zero attached hydrogens (tertiary/aromatic N) is 2. The molecule has 5 N–H and O–H groups in total. The van der Waals surface area contributed by atoms with E-state index in [0.29, 0.717) is 29.1 Å². The summed E-state index contributed by atoms with van der Waals surface area (Å²) in [6, 6.07) is 14.9. The fourth-order valence-corrected chi connectivity index (χ4v) is 2.83. The molecule has 1 aromatic heterocycles. The number of hydrogen-bond donors (Lipinski definition) is 3. The van der Waals surface area contributed by atoms with Gasteiger partial charge < -0.3 is 16.8 Å². The van der Waals surface area contributed by atoms with Gasteiger partial charge in [-0.05, 0) is 24.6 Å². The molecule has 7 heteroatoms. The standard InChI is InChI=1S/C21H21N5O2/c1-13-4-2-5-14(8-13)11-25-21(28)16-7-3-6-15(9-16)18-12-24-17(10-22)19(26-18)20(23)27/h2-9,12H,10-11,22H2,1H3,(H2,23,27)(H,25,28). The van der Waals surface area contributed by atoms with Gasteiger partial charge in [0.15, 0.2) is 5.69 Å². The van der Waals surface area contributed by atoms with Gasteiger partial charge in [0, 0.05) is 24.2 Å². The van der Waals surface area contributed by atoms with Crippen LogP contribution in [0.25, 0.3) is 11.3 Å². The first-order valence-corrected chi connectivity index (χ1v) is 8.78. The molecule has 0 atom stereocenters. The van der Waals surface area contributed by atoms with E-state index >= 15 is 0 Å². The van der Waals surface area contributed by atoms with Crippen molar-refractivity contribution in [1.29, 1.82) is 0 Å². The van der Waals surface area contributed by atoms with Crippen LogP contribution in [0.3, 0.4) is 0 Å². The number of nitrogens with one attached hydrogen (secondary N) is 1. The summed E-state index contributed by atoms with van der Waals surface area (Å²) in [6.07, 6.45) is 1.51. The topological polar surface area (TPSA) is 124 Å². The van der Waals surface area contributed by atoms with Gasteiger partial charge in [-0.25, -0.2) is 4.98 Å². The van der Waals surface area contributed by atoms with Gasteiger partial charge in [-0.1, -0.05) is 42.0 Å². The van der Waals surface area contributed by atoms with Gasteiger partial charge in [0.05, 0.1) is 17.6 Å². The highest BCUT2D eigenvalue weighted by Crippen LogP contribution is 2.19. The van der Waals surface area contributed by atoms with Crippen molar-refractivity contribution < 1.29 is 9.59 Å². The molecule has 0 unspecified atom stereocenters. The Bertz CT molecular complexity index is 1030. The van der Waals surface area contributed by atoms with Gasteiger partial charge in [0.2, 0.25) is 0 Å². The summed E-state index contributed by atoms with van der Waals surface area (Å²) in [7, 11) is 0. The van der Waals surface area contributed by atoms with E-state index in [-0.39, 0.29) is 18.1 Å². The third-order valence-corrected chi connectivity index (χ3v) is 4.23. The second-order valence-electron chi connectivity index (χ2n) is 6.37. The largest absolute Gasteiger partial charge is 0.364 e. The Kier molecular flexibility index (Phi) is 5.76. The fourth-order valence-electron chi connectivity index (χ4n) is 2.83. The molecule has 0 aliphatic carbocycles. The summed E-state index contributed by atoms with van der Waals surface area (Å²) in [5, 5.41) is 2.90. The molecule has 3 rings (SSSR count). The molecule has 2 aromatic carbocycles. The van der Waals surface area contributed by atoms with Crippen LogP contribution in [0.4, 0.5) is 0 Å². The highest BCUT2D eigenvalue weighted by Gasteiger charge is 2.14. The molecule has 3 aromatic rings. The minimum atomic E-state index is -0.693. The fraction of sp³-hybridized carbons (Fsp3) is 0.143. The molecule has 142 valence electrons. The first-order valence-electron chi connectivity index (χ1n) is 8.78. The third kappa shape index (κ3) is 4.39. The Labute approximate surface area is 162 Å². The van der Waals surface area contributed by atoms with E-state index in [1.165, 1.54) is 6.20 Å². The first kappa shape index (κ1) is 19.2. The summed E-state index contributed by atoms with van der Waals surface area (Å²) in [5.41, 5.74) is 15.0. The molecular formula is C21H21N5O2. The molecule has 0 radical (unpaired) electrons. The van der Waals surface area contributed by atoms with E-state index in [9.17, 15) is 9.59 Å². The average molecular weight is 375 g/mol. The lowest BCUT2D eigenvalue weighted by Gasteiger charge is -2.09. The van der Waals surface area contributed by atoms with Crippen molar-refractivity contribution in [3.8, 4) is 11.3 Å². The summed E-state index contributed by atoms with van der Waals surface area (Å²) in [5.74, 6) is -0.896. The maximum atomic E-state index is 12.5. The van der Waals surface area contributed by atoms with Crippen LogP contribution in [0, 0.1) is 6.92 Å². The van der Waals surface area contributed by atoms with Crippen LogP contribution >= 0.6 is 0 Å². The number of aromatic nitrogens is 2. The van der Waals surface area contributed by atoms with Crippen LogP contribution in [-0.4, -0.2) is 21.8 Å². The molecular weight excluding hydrogens is 354 g/mol. The maximum Gasteiger partial charge on any atom is 0.269 e. The third-order valence-electron chi connectivity index (χ3n) is 4.23. The number of amides is 2. The molecule has 0 aliphatic rings. The maximum absolute atomic E-state index is 12.5. The zero-order valence-electron chi connectivity index (χ0n) is 15.5. The molecule has 0 saturated heterocycles. The molecule has 28 heavy (non-hydrogen) atoms. The van der Waals surface area contributed by atoms with Crippen LogP contribution in [0.5, 0.6) is 0 Å². The normalized spacial score (nSPS) is 10.5. The Morgan fingerprint density at radius 1 is 1.11 bits per heavy atom. The Morgan fingerprint density at radius 2 is 1.89 bits per heavy atom. The predicted octanol–water partition coefficient (Wildman–Crippen LogP) is 1.94. The highest BCUT2D eigenvalue weighted by molar-refractivity contribution is 5.95. The van der Waals surface area contributed by atoms with E-state index < -0.39 is 5.91 Å². The minimum Gasteiger partial charge on any atom is -0.364 e. The Hall–Kier alpha value is -3.58. The number of carbonyl (C=O) groups is 2. The number of rotatable bonds is 6. The number of nitrogens with two attached hydrogens (primary N) is 2. The van der Waals surface area contributed by atoms with Crippen molar-refractivity contribution >= 4 is 11.8 Å². The summed E-state index contributed by atoms with van der Waals surface area (Å²) >= 11 is 0. The second kappa shape index (κ2) is 8.41. The Balaban J connectivity index is 1.81. The SMILES string of the molecule is Cc1cccc(CNC(=O)c2cccc(-c3cnc(CN)c(C(N)=O)n3)c2)c1. The van der Waals surface area contributed by atoms with Crippen molar-refractivity contribution in [2.75, 3.05) is 0 Å². The van der Waals surface area contributed by atoms with Crippen molar-refractivity contribution in [1.82, 2.24) is 15.3 Å². The zero-order valence-corrected chi connectivity index (χ0v) is 15.5. The quantitative estimate of drug-likeness (QED) is 0.607. The molecule has 7 nitrogen and oxygen atoms in total. The second-order valence-corrected chi connectivity index (χ2v) is 6.37. The molecule has 2 amide bonds. The van der Waals surface area contributed by atoms with Gasteiger partial charge in [-0.3, -0.25) is 14.6 Å². The highest BCUT2D eigenvalue weighted by atomic mass is 16.2. The number of primary amides is 1. The van der Waals surface area contributed by atoms with Crippen LogP contribution < -0.4 is 16.8 Å². The van der Waals surface area contributed by atoms with Gasteiger partial charge in [0.1, 0.15) is 0 Å². The number of hydrogen-bond acceptors (Lipinski definition) is 5. The number of carbonyl (C=O) groups excluding carboxylic acids is 2. The minimum absolute atomic E-state index is 0.0364. The van der Waals surface area contributed by atoms with E-state index in [4.69, 9.17) is 11.5 Å². The monoisotopic (exact) mass is 375 g/mol. The van der Waals surface area contributed by atoms with Crippen molar-refractivity contribution in [3.05, 3.63) is 82.8 Å². The van der Waals surface area contributed by atoms with Crippen LogP contribution in [-0.2, 0) is 13.1 Å². The van der Waals surface area contributed by atoms with Crippen molar-refractivity contribution in [2.45, 2.75) is 20.0 Å². The average Bonchev–Trinajstić information content (AvgIpc) is 2.71. The number of benzene rings is 2. The van der Waals surface area contributed by atoms with E-state index in [2.05, 4.69) is 15.3 Å². The molecule has 0 fully saturated rings. The summed E-state index contributed by atoms with van der Waals surface area (Å²) in [4.78, 5) is 32.5. The molecule has 1 heterocycles. The van der Waals surface area contributed by atoms with Crippen LogP contribution in [0.2, 0.25) is 0 Å². The molecule has 0 saturated carbocycles. The van der Waals surface area contributed by atoms with E-state index in [0.717, 1.165) is 11.1 Å². The first-order chi connectivity index (χ1) is 13.5. The molecule has 0 bridgehead atoms. The molecule has 0 spiro atoms. The van der Waals surface area contributed by atoms with Gasteiger partial charge in [-0.2, -0.15) is 0 Å². The number of aryl methyl sites for hydroxylation is 1. The van der Waals surface area contributed by atoms with Gasteiger partial charge in [0.25, 0.3) is 11.8 Å². The summed E-state index contributed by atoms with van der Waals surface area (Å²) in [6.45, 7) is 2.50. The predicted molar refractivity (Wildman–Crippen MR) is 106 cm³/mol.